The molecular formula is C15H21NO2. The molecule has 0 aromatic heterocycles. The Bertz CT molecular complexity index is 412. The molecule has 1 aromatic carbocycles. The first-order valence-corrected chi connectivity index (χ1v) is 6.78. The van der Waals surface area contributed by atoms with Crippen LogP contribution in [0.2, 0.25) is 0 Å². The minimum absolute atomic E-state index is 0.0813. The zero-order valence-corrected chi connectivity index (χ0v) is 11.2. The lowest BCUT2D eigenvalue weighted by Crippen LogP contribution is -2.39. The quantitative estimate of drug-likeness (QED) is 0.887. The summed E-state index contributed by atoms with van der Waals surface area (Å²) >= 11 is 0. The third-order valence-electron chi connectivity index (χ3n) is 4.34. The lowest BCUT2D eigenvalue weighted by atomic mass is 9.82. The standard InChI is InChI=1S/C15H21NO2/c1-17-12-5-3-6-13(18-2)14(12)15(11-7-8-11)9-4-10-16-15/h3,5-6,11,16H,4,7-10H2,1-2H3. The summed E-state index contributed by atoms with van der Waals surface area (Å²) in [5.41, 5.74) is 1.31. The van der Waals surface area contributed by atoms with Gasteiger partial charge in [0.1, 0.15) is 11.5 Å². The van der Waals surface area contributed by atoms with Gasteiger partial charge in [0.15, 0.2) is 0 Å². The van der Waals surface area contributed by atoms with E-state index in [9.17, 15) is 0 Å². The van der Waals surface area contributed by atoms with Gasteiger partial charge in [-0.05, 0) is 50.3 Å². The van der Waals surface area contributed by atoms with Crippen LogP contribution in [0.3, 0.4) is 0 Å². The first-order chi connectivity index (χ1) is 8.81. The molecule has 1 aromatic rings. The molecule has 1 aliphatic heterocycles. The number of ether oxygens (including phenoxy) is 2. The molecule has 2 aliphatic rings. The summed E-state index contributed by atoms with van der Waals surface area (Å²) in [5.74, 6) is 2.65. The lowest BCUT2D eigenvalue weighted by Gasteiger charge is -2.33. The maximum atomic E-state index is 5.58. The zero-order chi connectivity index (χ0) is 12.6. The second-order valence-electron chi connectivity index (χ2n) is 5.31. The molecule has 3 rings (SSSR count). The fraction of sp³-hybridized carbons (Fsp3) is 0.600. The van der Waals surface area contributed by atoms with Gasteiger partial charge in [-0.2, -0.15) is 0 Å². The van der Waals surface area contributed by atoms with Crippen LogP contribution < -0.4 is 14.8 Å². The Labute approximate surface area is 108 Å². The summed E-state index contributed by atoms with van der Waals surface area (Å²) in [6.45, 7) is 1.09. The van der Waals surface area contributed by atoms with E-state index in [0.29, 0.717) is 0 Å². The fourth-order valence-electron chi connectivity index (χ4n) is 3.40. The van der Waals surface area contributed by atoms with Crippen molar-refractivity contribution in [1.29, 1.82) is 0 Å². The van der Waals surface area contributed by atoms with Crippen molar-refractivity contribution in [2.75, 3.05) is 20.8 Å². The van der Waals surface area contributed by atoms with Crippen molar-refractivity contribution in [2.24, 2.45) is 5.92 Å². The molecule has 0 spiro atoms. The summed E-state index contributed by atoms with van der Waals surface area (Å²) in [7, 11) is 3.49. The number of methoxy groups -OCH3 is 2. The summed E-state index contributed by atoms with van der Waals surface area (Å²) in [5, 5.41) is 3.74. The van der Waals surface area contributed by atoms with Gasteiger partial charge in [-0.15, -0.1) is 0 Å². The molecule has 0 radical (unpaired) electrons. The molecule has 2 fully saturated rings. The van der Waals surface area contributed by atoms with Crippen LogP contribution >= 0.6 is 0 Å². The Morgan fingerprint density at radius 2 is 1.83 bits per heavy atom. The maximum Gasteiger partial charge on any atom is 0.127 e. The van der Waals surface area contributed by atoms with E-state index in [-0.39, 0.29) is 5.54 Å². The van der Waals surface area contributed by atoms with Gasteiger partial charge in [0.05, 0.1) is 25.3 Å². The highest BCUT2D eigenvalue weighted by Gasteiger charge is 2.50. The van der Waals surface area contributed by atoms with Crippen molar-refractivity contribution >= 4 is 0 Å². The molecule has 3 nitrogen and oxygen atoms in total. The van der Waals surface area contributed by atoms with E-state index in [1.807, 2.05) is 18.2 Å². The number of benzene rings is 1. The number of nitrogens with one attached hydrogen (secondary N) is 1. The summed E-state index contributed by atoms with van der Waals surface area (Å²) < 4.78 is 11.2. The van der Waals surface area contributed by atoms with Gasteiger partial charge in [-0.1, -0.05) is 6.07 Å². The molecule has 1 N–H and O–H groups in total. The van der Waals surface area contributed by atoms with E-state index in [0.717, 1.165) is 24.0 Å². The van der Waals surface area contributed by atoms with Crippen molar-refractivity contribution < 1.29 is 9.47 Å². The van der Waals surface area contributed by atoms with Crippen LogP contribution in [0.25, 0.3) is 0 Å². The highest BCUT2D eigenvalue weighted by molar-refractivity contribution is 5.51. The normalized spacial score (nSPS) is 27.2. The van der Waals surface area contributed by atoms with E-state index in [1.165, 1.54) is 31.2 Å². The van der Waals surface area contributed by atoms with Gasteiger partial charge < -0.3 is 14.8 Å². The van der Waals surface area contributed by atoms with Crippen molar-refractivity contribution in [3.05, 3.63) is 23.8 Å². The molecule has 1 atom stereocenters. The number of hydrogen-bond acceptors (Lipinski definition) is 3. The molecule has 18 heavy (non-hydrogen) atoms. The number of rotatable bonds is 4. The molecule has 1 heterocycles. The molecule has 1 unspecified atom stereocenters. The van der Waals surface area contributed by atoms with Gasteiger partial charge >= 0.3 is 0 Å². The van der Waals surface area contributed by atoms with Crippen LogP contribution in [0.4, 0.5) is 0 Å². The summed E-state index contributed by atoms with van der Waals surface area (Å²) in [6.07, 6.45) is 5.05. The molecule has 98 valence electrons. The second kappa shape index (κ2) is 4.47. The molecule has 1 saturated heterocycles. The van der Waals surface area contributed by atoms with Crippen LogP contribution in [0.15, 0.2) is 18.2 Å². The largest absolute Gasteiger partial charge is 0.496 e. The molecular weight excluding hydrogens is 226 g/mol. The van der Waals surface area contributed by atoms with E-state index < -0.39 is 0 Å². The highest BCUT2D eigenvalue weighted by Crippen LogP contribution is 2.54. The Morgan fingerprint density at radius 1 is 1.17 bits per heavy atom. The van der Waals surface area contributed by atoms with Crippen molar-refractivity contribution in [2.45, 2.75) is 31.2 Å². The maximum absolute atomic E-state index is 5.58. The summed E-state index contributed by atoms with van der Waals surface area (Å²) in [6, 6.07) is 6.08. The molecule has 3 heteroatoms. The van der Waals surface area contributed by atoms with Gasteiger partial charge in [0.25, 0.3) is 0 Å². The van der Waals surface area contributed by atoms with Crippen LogP contribution in [0.1, 0.15) is 31.2 Å². The van der Waals surface area contributed by atoms with E-state index in [2.05, 4.69) is 5.32 Å². The molecule has 0 amide bonds. The third kappa shape index (κ3) is 1.69. The second-order valence-corrected chi connectivity index (χ2v) is 5.31. The molecule has 0 bridgehead atoms. The Kier molecular flexibility index (Phi) is 2.94. The number of hydrogen-bond donors (Lipinski definition) is 1. The van der Waals surface area contributed by atoms with Crippen molar-refractivity contribution in [3.63, 3.8) is 0 Å². The Hall–Kier alpha value is -1.22. The van der Waals surface area contributed by atoms with Gasteiger partial charge in [0.2, 0.25) is 0 Å². The van der Waals surface area contributed by atoms with E-state index >= 15 is 0 Å². The van der Waals surface area contributed by atoms with Gasteiger partial charge in [0, 0.05) is 0 Å². The Balaban J connectivity index is 2.13. The summed E-state index contributed by atoms with van der Waals surface area (Å²) in [4.78, 5) is 0. The predicted molar refractivity (Wildman–Crippen MR) is 71.2 cm³/mol. The average Bonchev–Trinajstić information content (AvgIpc) is 3.17. The zero-order valence-electron chi connectivity index (χ0n) is 11.2. The van der Waals surface area contributed by atoms with Crippen LogP contribution in [0.5, 0.6) is 11.5 Å². The third-order valence-corrected chi connectivity index (χ3v) is 4.34. The van der Waals surface area contributed by atoms with Gasteiger partial charge in [-0.3, -0.25) is 0 Å². The monoisotopic (exact) mass is 247 g/mol. The Morgan fingerprint density at radius 3 is 2.28 bits per heavy atom. The minimum atomic E-state index is 0.0813. The van der Waals surface area contributed by atoms with Crippen molar-refractivity contribution in [3.8, 4) is 11.5 Å². The minimum Gasteiger partial charge on any atom is -0.496 e. The first kappa shape index (κ1) is 11.8. The van der Waals surface area contributed by atoms with Crippen LogP contribution in [-0.4, -0.2) is 20.8 Å². The van der Waals surface area contributed by atoms with Crippen LogP contribution in [0, 0.1) is 5.92 Å². The average molecular weight is 247 g/mol. The molecule has 1 saturated carbocycles. The predicted octanol–water partition coefficient (Wildman–Crippen LogP) is 2.69. The van der Waals surface area contributed by atoms with Crippen LogP contribution in [-0.2, 0) is 5.54 Å². The topological polar surface area (TPSA) is 30.5 Å². The first-order valence-electron chi connectivity index (χ1n) is 6.78. The SMILES string of the molecule is COc1cccc(OC)c1C1(C2CC2)CCCN1. The highest BCUT2D eigenvalue weighted by atomic mass is 16.5. The smallest absolute Gasteiger partial charge is 0.127 e. The van der Waals surface area contributed by atoms with E-state index in [1.54, 1.807) is 14.2 Å². The van der Waals surface area contributed by atoms with Crippen molar-refractivity contribution in [1.82, 2.24) is 5.32 Å². The molecule has 1 aliphatic carbocycles. The van der Waals surface area contributed by atoms with E-state index in [4.69, 9.17) is 9.47 Å². The lowest BCUT2D eigenvalue weighted by molar-refractivity contribution is 0.294. The fourth-order valence-corrected chi connectivity index (χ4v) is 3.40. The van der Waals surface area contributed by atoms with Gasteiger partial charge in [-0.25, -0.2) is 0 Å².